The second kappa shape index (κ2) is 12.9. The number of thioether (sulfide) groups is 1. The van der Waals surface area contributed by atoms with E-state index in [0.29, 0.717) is 22.3 Å². The number of ether oxygens (including phenoxy) is 1. The molecule has 0 saturated carbocycles. The molecule has 1 amide bonds. The van der Waals surface area contributed by atoms with E-state index >= 15 is 0 Å². The Bertz CT molecular complexity index is 789. The smallest absolute Gasteiger partial charge is 0.326 e. The van der Waals surface area contributed by atoms with Gasteiger partial charge in [0.05, 0.1) is 11.5 Å². The van der Waals surface area contributed by atoms with Crippen LogP contribution >= 0.6 is 24.0 Å². The van der Waals surface area contributed by atoms with Crippen LogP contribution < -0.4 is 4.74 Å². The molecule has 5 nitrogen and oxygen atoms in total. The van der Waals surface area contributed by atoms with E-state index in [1.807, 2.05) is 38.1 Å². The summed E-state index contributed by atoms with van der Waals surface area (Å²) in [5.74, 6) is -0.427. The number of aliphatic carboxylic acids is 1. The number of rotatable bonds is 13. The Labute approximate surface area is 195 Å². The first kappa shape index (κ1) is 25.4. The van der Waals surface area contributed by atoms with Crippen molar-refractivity contribution < 1.29 is 19.4 Å². The summed E-state index contributed by atoms with van der Waals surface area (Å²) < 4.78 is 6.10. The van der Waals surface area contributed by atoms with Gasteiger partial charge in [0.25, 0.3) is 5.91 Å². The lowest BCUT2D eigenvalue weighted by Gasteiger charge is -2.24. The standard InChI is InChI=1S/C24H33NO4S2/c1-4-5-6-7-8-9-14-29-19-12-10-18(11-13-19)16-21-22(26)25(24(30)31-21)20(23(27)28)15-17(2)3/h10-13,16-17,20H,4-9,14-15H2,1-3H3,(H,27,28)/b21-16+. The van der Waals surface area contributed by atoms with E-state index < -0.39 is 12.0 Å². The average Bonchev–Trinajstić information content (AvgIpc) is 2.99. The van der Waals surface area contributed by atoms with Crippen molar-refractivity contribution in [3.63, 3.8) is 0 Å². The van der Waals surface area contributed by atoms with Gasteiger partial charge in [-0.15, -0.1) is 0 Å². The second-order valence-electron chi connectivity index (χ2n) is 8.22. The molecule has 0 aliphatic carbocycles. The molecule has 1 aromatic rings. The van der Waals surface area contributed by atoms with E-state index in [0.717, 1.165) is 29.5 Å². The second-order valence-corrected chi connectivity index (χ2v) is 9.90. The van der Waals surface area contributed by atoms with Crippen molar-refractivity contribution >= 4 is 46.3 Å². The van der Waals surface area contributed by atoms with Crippen LogP contribution in [0.3, 0.4) is 0 Å². The van der Waals surface area contributed by atoms with Crippen molar-refractivity contribution in [1.82, 2.24) is 4.90 Å². The molecular formula is C24H33NO4S2. The molecule has 0 bridgehead atoms. The number of carboxylic acid groups (broad SMARTS) is 1. The molecule has 31 heavy (non-hydrogen) atoms. The molecule has 1 atom stereocenters. The van der Waals surface area contributed by atoms with Crippen molar-refractivity contribution in [2.45, 2.75) is 71.8 Å². The molecular weight excluding hydrogens is 430 g/mol. The Kier molecular flexibility index (Phi) is 10.5. The van der Waals surface area contributed by atoms with Gasteiger partial charge in [-0.1, -0.05) is 89.0 Å². The van der Waals surface area contributed by atoms with Gasteiger partial charge >= 0.3 is 5.97 Å². The lowest BCUT2D eigenvalue weighted by atomic mass is 10.0. The van der Waals surface area contributed by atoms with Crippen molar-refractivity contribution in [1.29, 1.82) is 0 Å². The Morgan fingerprint density at radius 3 is 2.42 bits per heavy atom. The van der Waals surface area contributed by atoms with Gasteiger partial charge in [-0.05, 0) is 42.5 Å². The number of carbonyl (C=O) groups excluding carboxylic acids is 1. The van der Waals surface area contributed by atoms with Gasteiger partial charge in [0, 0.05) is 0 Å². The van der Waals surface area contributed by atoms with E-state index in [-0.39, 0.29) is 11.8 Å². The summed E-state index contributed by atoms with van der Waals surface area (Å²) in [7, 11) is 0. The van der Waals surface area contributed by atoms with Crippen LogP contribution in [0.5, 0.6) is 5.75 Å². The summed E-state index contributed by atoms with van der Waals surface area (Å²) in [6, 6.07) is 6.64. The Hall–Kier alpha value is -1.86. The molecule has 0 aromatic heterocycles. The average molecular weight is 464 g/mol. The molecule has 1 unspecified atom stereocenters. The fourth-order valence-corrected chi connectivity index (χ4v) is 4.75. The number of amides is 1. The van der Waals surface area contributed by atoms with E-state index in [4.69, 9.17) is 17.0 Å². The maximum absolute atomic E-state index is 12.8. The number of nitrogens with zero attached hydrogens (tertiary/aromatic N) is 1. The van der Waals surface area contributed by atoms with Crippen LogP contribution in [0.25, 0.3) is 6.08 Å². The highest BCUT2D eigenvalue weighted by Gasteiger charge is 2.40. The Morgan fingerprint density at radius 1 is 1.16 bits per heavy atom. The minimum atomic E-state index is -1.03. The number of thiocarbonyl (C=S) groups is 1. The topological polar surface area (TPSA) is 66.8 Å². The van der Waals surface area contributed by atoms with Gasteiger partial charge in [0.2, 0.25) is 0 Å². The predicted octanol–water partition coefficient (Wildman–Crippen LogP) is 6.13. The molecule has 7 heteroatoms. The van der Waals surface area contributed by atoms with Crippen LogP contribution in [0, 0.1) is 5.92 Å². The van der Waals surface area contributed by atoms with E-state index in [1.165, 1.54) is 37.0 Å². The molecule has 2 rings (SSSR count). The highest BCUT2D eigenvalue weighted by atomic mass is 32.2. The van der Waals surface area contributed by atoms with Gasteiger partial charge in [-0.2, -0.15) is 0 Å². The molecule has 1 N–H and O–H groups in total. The molecule has 1 aromatic carbocycles. The van der Waals surface area contributed by atoms with Crippen LogP contribution in [-0.2, 0) is 9.59 Å². The summed E-state index contributed by atoms with van der Waals surface area (Å²) >= 11 is 6.47. The number of carboxylic acids is 1. The first-order valence-corrected chi connectivity index (χ1v) is 12.3. The van der Waals surface area contributed by atoms with E-state index in [1.54, 1.807) is 6.08 Å². The van der Waals surface area contributed by atoms with Crippen molar-refractivity contribution in [2.75, 3.05) is 6.61 Å². The number of hydrogen-bond donors (Lipinski definition) is 1. The van der Waals surface area contributed by atoms with E-state index in [2.05, 4.69) is 6.92 Å². The van der Waals surface area contributed by atoms with Crippen LogP contribution in [0.15, 0.2) is 29.2 Å². The SMILES string of the molecule is CCCCCCCCOc1ccc(/C=C2/SC(=S)N(C(CC(C)C)C(=O)O)C2=O)cc1. The summed E-state index contributed by atoms with van der Waals surface area (Å²) in [6.45, 7) is 6.78. The molecule has 1 fully saturated rings. The molecule has 0 radical (unpaired) electrons. The lowest BCUT2D eigenvalue weighted by molar-refractivity contribution is -0.145. The fourth-order valence-electron chi connectivity index (χ4n) is 3.40. The molecule has 1 aliphatic heterocycles. The highest BCUT2D eigenvalue weighted by molar-refractivity contribution is 8.26. The quantitative estimate of drug-likeness (QED) is 0.216. The maximum atomic E-state index is 12.8. The number of hydrogen-bond acceptors (Lipinski definition) is 5. The molecule has 1 saturated heterocycles. The van der Waals surface area contributed by atoms with Gasteiger partial charge in [-0.25, -0.2) is 4.79 Å². The van der Waals surface area contributed by atoms with Crippen LogP contribution in [0.1, 0.15) is 71.3 Å². The largest absolute Gasteiger partial charge is 0.494 e. The van der Waals surface area contributed by atoms with Gasteiger partial charge in [0.15, 0.2) is 0 Å². The lowest BCUT2D eigenvalue weighted by Crippen LogP contribution is -2.44. The predicted molar refractivity (Wildman–Crippen MR) is 131 cm³/mol. The van der Waals surface area contributed by atoms with Crippen LogP contribution in [-0.4, -0.2) is 38.9 Å². The highest BCUT2D eigenvalue weighted by Crippen LogP contribution is 2.35. The Balaban J connectivity index is 1.94. The summed E-state index contributed by atoms with van der Waals surface area (Å²) in [5, 5.41) is 9.57. The molecule has 1 heterocycles. The minimum Gasteiger partial charge on any atom is -0.494 e. The number of benzene rings is 1. The van der Waals surface area contributed by atoms with E-state index in [9.17, 15) is 14.7 Å². The maximum Gasteiger partial charge on any atom is 0.326 e. The number of unbranched alkanes of at least 4 members (excludes halogenated alkanes) is 5. The van der Waals surface area contributed by atoms with Crippen molar-refractivity contribution in [3.05, 3.63) is 34.7 Å². The van der Waals surface area contributed by atoms with Crippen LogP contribution in [0.2, 0.25) is 0 Å². The van der Waals surface area contributed by atoms with Crippen molar-refractivity contribution in [2.24, 2.45) is 5.92 Å². The summed E-state index contributed by atoms with van der Waals surface area (Å²) in [5.41, 5.74) is 0.850. The van der Waals surface area contributed by atoms with Gasteiger partial charge < -0.3 is 9.84 Å². The third-order valence-electron chi connectivity index (χ3n) is 5.06. The zero-order valence-electron chi connectivity index (χ0n) is 18.6. The zero-order chi connectivity index (χ0) is 22.8. The first-order chi connectivity index (χ1) is 14.8. The third kappa shape index (κ3) is 7.96. The van der Waals surface area contributed by atoms with Crippen molar-refractivity contribution in [3.8, 4) is 5.75 Å². The normalized spacial score (nSPS) is 16.4. The first-order valence-electron chi connectivity index (χ1n) is 11.1. The molecule has 1 aliphatic rings. The fraction of sp³-hybridized carbons (Fsp3) is 0.542. The summed E-state index contributed by atoms with van der Waals surface area (Å²) in [6.07, 6.45) is 9.46. The third-order valence-corrected chi connectivity index (χ3v) is 6.39. The Morgan fingerprint density at radius 2 is 1.81 bits per heavy atom. The molecule has 170 valence electrons. The molecule has 0 spiro atoms. The van der Waals surface area contributed by atoms with Gasteiger partial charge in [0.1, 0.15) is 16.1 Å². The monoisotopic (exact) mass is 463 g/mol. The zero-order valence-corrected chi connectivity index (χ0v) is 20.3. The summed E-state index contributed by atoms with van der Waals surface area (Å²) in [4.78, 5) is 26.2. The number of carbonyl (C=O) groups is 2. The minimum absolute atomic E-state index is 0.138. The van der Waals surface area contributed by atoms with Gasteiger partial charge in [-0.3, -0.25) is 9.69 Å². The van der Waals surface area contributed by atoms with Crippen LogP contribution in [0.4, 0.5) is 0 Å².